The third-order valence-electron chi connectivity index (χ3n) is 3.66. The fourth-order valence-electron chi connectivity index (χ4n) is 2.74. The molecule has 6 heteroatoms. The number of carbonyl (C=O) groups excluding carboxylic acids is 2. The zero-order valence-electron chi connectivity index (χ0n) is 12.8. The van der Waals surface area contributed by atoms with Crippen molar-refractivity contribution in [1.29, 1.82) is 0 Å². The first-order valence-corrected chi connectivity index (χ1v) is 7.33. The summed E-state index contributed by atoms with van der Waals surface area (Å²) in [5, 5.41) is 2.85. The van der Waals surface area contributed by atoms with E-state index in [2.05, 4.69) is 15.3 Å². The molecule has 2 heterocycles. The molecule has 2 rings (SSSR count). The minimum Gasteiger partial charge on any atom is -0.347 e. The Balaban J connectivity index is 1.98. The Hall–Kier alpha value is -1.98. The number of amides is 2. The van der Waals surface area contributed by atoms with E-state index in [-0.39, 0.29) is 17.9 Å². The first-order chi connectivity index (χ1) is 9.97. The summed E-state index contributed by atoms with van der Waals surface area (Å²) in [6, 6.07) is 1.53. The van der Waals surface area contributed by atoms with Gasteiger partial charge in [-0.3, -0.25) is 9.59 Å². The van der Waals surface area contributed by atoms with Crippen LogP contribution in [-0.2, 0) is 16.1 Å². The molecule has 1 aromatic rings. The second-order valence-electron chi connectivity index (χ2n) is 5.51. The van der Waals surface area contributed by atoms with Crippen LogP contribution in [0.15, 0.2) is 6.07 Å². The van der Waals surface area contributed by atoms with E-state index in [4.69, 9.17) is 0 Å². The van der Waals surface area contributed by atoms with Crippen molar-refractivity contribution in [3.8, 4) is 0 Å². The summed E-state index contributed by atoms with van der Waals surface area (Å²) >= 11 is 0. The molecule has 1 fully saturated rings. The Kier molecular flexibility index (Phi) is 4.88. The molecule has 1 saturated heterocycles. The topological polar surface area (TPSA) is 75.2 Å². The summed E-state index contributed by atoms with van der Waals surface area (Å²) in [5.41, 5.74) is 1.77. The van der Waals surface area contributed by atoms with Crippen LogP contribution in [0.1, 0.15) is 43.4 Å². The number of aryl methyl sites for hydroxylation is 2. The molecular formula is C15H22N4O2. The zero-order chi connectivity index (χ0) is 15.4. The Labute approximate surface area is 125 Å². The highest BCUT2D eigenvalue weighted by Crippen LogP contribution is 2.17. The average molecular weight is 290 g/mol. The van der Waals surface area contributed by atoms with Crippen molar-refractivity contribution in [2.75, 3.05) is 6.54 Å². The predicted octanol–water partition coefficient (Wildman–Crippen LogP) is 1.11. The largest absolute Gasteiger partial charge is 0.347 e. The van der Waals surface area contributed by atoms with Crippen LogP contribution in [-0.4, -0.2) is 39.3 Å². The zero-order valence-corrected chi connectivity index (χ0v) is 12.8. The molecule has 2 amide bonds. The van der Waals surface area contributed by atoms with Crippen LogP contribution in [0.2, 0.25) is 0 Å². The van der Waals surface area contributed by atoms with Crippen molar-refractivity contribution in [3.05, 3.63) is 23.3 Å². The second-order valence-corrected chi connectivity index (χ2v) is 5.51. The summed E-state index contributed by atoms with van der Waals surface area (Å²) in [6.45, 7) is 6.27. The van der Waals surface area contributed by atoms with E-state index in [0.717, 1.165) is 30.7 Å². The number of likely N-dealkylation sites (tertiary alicyclic amines) is 1. The molecule has 0 saturated carbocycles. The molecule has 114 valence electrons. The van der Waals surface area contributed by atoms with Gasteiger partial charge in [-0.2, -0.15) is 0 Å². The van der Waals surface area contributed by atoms with Gasteiger partial charge in [0.1, 0.15) is 11.9 Å². The number of hydrogen-bond acceptors (Lipinski definition) is 4. The number of nitrogens with zero attached hydrogens (tertiary/aromatic N) is 3. The molecule has 0 unspecified atom stereocenters. The van der Waals surface area contributed by atoms with E-state index in [1.54, 1.807) is 4.90 Å². The summed E-state index contributed by atoms with van der Waals surface area (Å²) < 4.78 is 0. The number of rotatable bonds is 3. The highest BCUT2D eigenvalue weighted by atomic mass is 16.2. The van der Waals surface area contributed by atoms with E-state index in [9.17, 15) is 9.59 Å². The smallest absolute Gasteiger partial charge is 0.243 e. The van der Waals surface area contributed by atoms with Gasteiger partial charge < -0.3 is 10.2 Å². The first kappa shape index (κ1) is 15.4. The van der Waals surface area contributed by atoms with Crippen LogP contribution in [0, 0.1) is 13.8 Å². The number of nitrogens with one attached hydrogen (secondary N) is 1. The van der Waals surface area contributed by atoms with Gasteiger partial charge in [0.15, 0.2) is 0 Å². The van der Waals surface area contributed by atoms with Gasteiger partial charge in [-0.25, -0.2) is 9.97 Å². The van der Waals surface area contributed by atoms with Gasteiger partial charge in [-0.15, -0.1) is 0 Å². The molecule has 1 aliphatic heterocycles. The standard InChI is InChI=1S/C15H22N4O2/c1-10-8-11(2)18-14(17-10)9-16-15(21)13-6-4-5-7-19(13)12(3)20/h8,13H,4-7,9H2,1-3H3,(H,16,21)/t13-/m1/s1. The van der Waals surface area contributed by atoms with Crippen molar-refractivity contribution in [2.45, 2.75) is 52.6 Å². The maximum absolute atomic E-state index is 12.3. The molecule has 1 aromatic heterocycles. The summed E-state index contributed by atoms with van der Waals surface area (Å²) in [4.78, 5) is 34.1. The van der Waals surface area contributed by atoms with Gasteiger partial charge in [0, 0.05) is 24.9 Å². The maximum Gasteiger partial charge on any atom is 0.243 e. The predicted molar refractivity (Wildman–Crippen MR) is 78.4 cm³/mol. The number of carbonyl (C=O) groups is 2. The molecule has 0 aromatic carbocycles. The number of piperidine rings is 1. The average Bonchev–Trinajstić information content (AvgIpc) is 2.43. The Morgan fingerprint density at radius 3 is 2.57 bits per heavy atom. The normalized spacial score (nSPS) is 18.4. The van der Waals surface area contributed by atoms with Crippen LogP contribution in [0.4, 0.5) is 0 Å². The van der Waals surface area contributed by atoms with Crippen LogP contribution in [0.5, 0.6) is 0 Å². The highest BCUT2D eigenvalue weighted by molar-refractivity contribution is 5.87. The van der Waals surface area contributed by atoms with E-state index >= 15 is 0 Å². The molecular weight excluding hydrogens is 268 g/mol. The fraction of sp³-hybridized carbons (Fsp3) is 0.600. The van der Waals surface area contributed by atoms with E-state index in [1.165, 1.54) is 6.92 Å². The Bertz CT molecular complexity index is 524. The fourth-order valence-corrected chi connectivity index (χ4v) is 2.74. The first-order valence-electron chi connectivity index (χ1n) is 7.33. The summed E-state index contributed by atoms with van der Waals surface area (Å²) in [5.74, 6) is 0.441. The van der Waals surface area contributed by atoms with Gasteiger partial charge >= 0.3 is 0 Å². The third-order valence-corrected chi connectivity index (χ3v) is 3.66. The van der Waals surface area contributed by atoms with E-state index in [1.807, 2.05) is 19.9 Å². The van der Waals surface area contributed by atoms with Crippen molar-refractivity contribution in [2.24, 2.45) is 0 Å². The van der Waals surface area contributed by atoms with Crippen LogP contribution in [0.25, 0.3) is 0 Å². The van der Waals surface area contributed by atoms with Crippen molar-refractivity contribution in [3.63, 3.8) is 0 Å². The molecule has 0 spiro atoms. The van der Waals surface area contributed by atoms with Crippen molar-refractivity contribution >= 4 is 11.8 Å². The lowest BCUT2D eigenvalue weighted by Gasteiger charge is -2.33. The molecule has 1 N–H and O–H groups in total. The molecule has 1 aliphatic rings. The van der Waals surface area contributed by atoms with Gasteiger partial charge in [-0.1, -0.05) is 0 Å². The molecule has 0 radical (unpaired) electrons. The lowest BCUT2D eigenvalue weighted by molar-refractivity contribution is -0.140. The molecule has 21 heavy (non-hydrogen) atoms. The van der Waals surface area contributed by atoms with Crippen molar-refractivity contribution < 1.29 is 9.59 Å². The monoisotopic (exact) mass is 290 g/mol. The third kappa shape index (κ3) is 4.00. The van der Waals surface area contributed by atoms with E-state index < -0.39 is 0 Å². The Morgan fingerprint density at radius 1 is 1.29 bits per heavy atom. The highest BCUT2D eigenvalue weighted by Gasteiger charge is 2.30. The number of hydrogen-bond donors (Lipinski definition) is 1. The van der Waals surface area contributed by atoms with Gasteiger partial charge in [0.25, 0.3) is 0 Å². The molecule has 1 atom stereocenters. The summed E-state index contributed by atoms with van der Waals surface area (Å²) in [7, 11) is 0. The van der Waals surface area contributed by atoms with Crippen LogP contribution in [0.3, 0.4) is 0 Å². The number of aromatic nitrogens is 2. The molecule has 6 nitrogen and oxygen atoms in total. The minimum atomic E-state index is -0.359. The van der Waals surface area contributed by atoms with Gasteiger partial charge in [-0.05, 0) is 39.2 Å². The SMILES string of the molecule is CC(=O)N1CCCC[C@@H]1C(=O)NCc1nc(C)cc(C)n1. The minimum absolute atomic E-state index is 0.0440. The lowest BCUT2D eigenvalue weighted by atomic mass is 10.0. The quantitative estimate of drug-likeness (QED) is 0.905. The van der Waals surface area contributed by atoms with Crippen LogP contribution < -0.4 is 5.32 Å². The summed E-state index contributed by atoms with van der Waals surface area (Å²) in [6.07, 6.45) is 2.66. The lowest BCUT2D eigenvalue weighted by Crippen LogP contribution is -2.51. The van der Waals surface area contributed by atoms with Crippen LogP contribution >= 0.6 is 0 Å². The van der Waals surface area contributed by atoms with E-state index in [0.29, 0.717) is 18.9 Å². The maximum atomic E-state index is 12.3. The molecule has 0 aliphatic carbocycles. The molecule has 0 bridgehead atoms. The van der Waals surface area contributed by atoms with Crippen molar-refractivity contribution in [1.82, 2.24) is 20.2 Å². The van der Waals surface area contributed by atoms with Gasteiger partial charge in [0.05, 0.1) is 6.54 Å². The Morgan fingerprint density at radius 2 is 1.95 bits per heavy atom. The van der Waals surface area contributed by atoms with Gasteiger partial charge in [0.2, 0.25) is 11.8 Å². The second kappa shape index (κ2) is 6.65.